The van der Waals surface area contributed by atoms with E-state index in [0.717, 1.165) is 63.0 Å². The van der Waals surface area contributed by atoms with E-state index in [1.165, 1.54) is 11.1 Å². The Labute approximate surface area is 196 Å². The van der Waals surface area contributed by atoms with Gasteiger partial charge in [0.15, 0.2) is 5.96 Å². The maximum Gasteiger partial charge on any atom is 0.227 e. The average Bonchev–Trinajstić information content (AvgIpc) is 3.29. The molecule has 2 fully saturated rings. The molecule has 0 saturated carbocycles. The van der Waals surface area contributed by atoms with Crippen LogP contribution in [0.2, 0.25) is 0 Å². The van der Waals surface area contributed by atoms with Crippen molar-refractivity contribution in [3.05, 3.63) is 65.2 Å². The lowest BCUT2D eigenvalue weighted by molar-refractivity contribution is -0.117. The molecule has 7 nitrogen and oxygen atoms in total. The van der Waals surface area contributed by atoms with Gasteiger partial charge in [-0.25, -0.2) is 0 Å². The number of nitrogens with one attached hydrogen (secondary N) is 2. The van der Waals surface area contributed by atoms with Crippen molar-refractivity contribution < 1.29 is 9.53 Å². The van der Waals surface area contributed by atoms with Crippen molar-refractivity contribution in [2.24, 2.45) is 4.99 Å². The second-order valence-electron chi connectivity index (χ2n) is 8.70. The van der Waals surface area contributed by atoms with Crippen LogP contribution in [0.4, 0.5) is 5.69 Å². The van der Waals surface area contributed by atoms with Gasteiger partial charge in [0.2, 0.25) is 5.91 Å². The molecule has 1 unspecified atom stereocenters. The zero-order valence-electron chi connectivity index (χ0n) is 19.7. The van der Waals surface area contributed by atoms with E-state index >= 15 is 0 Å². The molecule has 2 aliphatic heterocycles. The Kier molecular flexibility index (Phi) is 7.96. The minimum Gasteiger partial charge on any atom is -0.379 e. The number of amides is 1. The maximum absolute atomic E-state index is 12.0. The van der Waals surface area contributed by atoms with E-state index in [1.807, 2.05) is 17.0 Å². The topological polar surface area (TPSA) is 69.2 Å². The van der Waals surface area contributed by atoms with Gasteiger partial charge in [-0.05, 0) is 36.6 Å². The fourth-order valence-corrected chi connectivity index (χ4v) is 4.45. The molecular weight excluding hydrogens is 414 g/mol. The summed E-state index contributed by atoms with van der Waals surface area (Å²) in [5.41, 5.74) is 4.70. The van der Waals surface area contributed by atoms with Gasteiger partial charge in [0, 0.05) is 51.9 Å². The summed E-state index contributed by atoms with van der Waals surface area (Å²) in [6, 6.07) is 17.3. The molecule has 1 atom stereocenters. The Balaban J connectivity index is 1.34. The molecule has 2 aliphatic rings. The summed E-state index contributed by atoms with van der Waals surface area (Å²) in [7, 11) is 1.80. The van der Waals surface area contributed by atoms with Gasteiger partial charge >= 0.3 is 0 Å². The van der Waals surface area contributed by atoms with Crippen LogP contribution in [0.1, 0.15) is 35.6 Å². The Morgan fingerprint density at radius 2 is 1.76 bits per heavy atom. The first kappa shape index (κ1) is 23.3. The highest BCUT2D eigenvalue weighted by atomic mass is 16.5. The summed E-state index contributed by atoms with van der Waals surface area (Å²) in [4.78, 5) is 20.7. The van der Waals surface area contributed by atoms with Crippen molar-refractivity contribution in [3.8, 4) is 0 Å². The predicted molar refractivity (Wildman–Crippen MR) is 133 cm³/mol. The van der Waals surface area contributed by atoms with E-state index in [2.05, 4.69) is 63.8 Å². The third-order valence-electron chi connectivity index (χ3n) is 6.42. The lowest BCUT2D eigenvalue weighted by Crippen LogP contribution is -2.46. The van der Waals surface area contributed by atoms with Crippen molar-refractivity contribution in [1.29, 1.82) is 0 Å². The first-order valence-corrected chi connectivity index (χ1v) is 11.9. The quantitative estimate of drug-likeness (QED) is 0.503. The third-order valence-corrected chi connectivity index (χ3v) is 6.42. The number of hydrogen-bond donors (Lipinski definition) is 2. The number of anilines is 1. The summed E-state index contributed by atoms with van der Waals surface area (Å²) < 4.78 is 5.57. The Morgan fingerprint density at radius 3 is 2.39 bits per heavy atom. The number of aryl methyl sites for hydroxylation is 1. The lowest BCUT2D eigenvalue weighted by atomic mass is 10.0. The number of benzene rings is 2. The number of morpholine rings is 1. The smallest absolute Gasteiger partial charge is 0.227 e. The molecule has 1 amide bonds. The molecule has 2 heterocycles. The maximum atomic E-state index is 12.0. The number of ether oxygens (including phenoxy) is 1. The normalized spacial score (nSPS) is 18.4. The van der Waals surface area contributed by atoms with Gasteiger partial charge in [-0.1, -0.05) is 42.0 Å². The number of guanidine groups is 1. The van der Waals surface area contributed by atoms with Gasteiger partial charge < -0.3 is 20.3 Å². The van der Waals surface area contributed by atoms with Crippen LogP contribution in [0.3, 0.4) is 0 Å². The summed E-state index contributed by atoms with van der Waals surface area (Å²) >= 11 is 0. The molecule has 2 aromatic carbocycles. The fourth-order valence-electron chi connectivity index (χ4n) is 4.45. The van der Waals surface area contributed by atoms with Crippen molar-refractivity contribution in [2.75, 3.05) is 51.3 Å². The van der Waals surface area contributed by atoms with Crippen LogP contribution in [0.15, 0.2) is 53.5 Å². The Morgan fingerprint density at radius 1 is 1.03 bits per heavy atom. The van der Waals surface area contributed by atoms with Gasteiger partial charge in [0.05, 0.1) is 19.3 Å². The molecule has 0 aliphatic carbocycles. The fraction of sp³-hybridized carbons (Fsp3) is 0.462. The van der Waals surface area contributed by atoms with Gasteiger partial charge in [0.1, 0.15) is 0 Å². The van der Waals surface area contributed by atoms with Crippen LogP contribution in [-0.4, -0.2) is 63.2 Å². The molecule has 0 aromatic heterocycles. The first-order chi connectivity index (χ1) is 16.1. The van der Waals surface area contributed by atoms with E-state index in [1.54, 1.807) is 7.05 Å². The van der Waals surface area contributed by atoms with Crippen molar-refractivity contribution in [3.63, 3.8) is 0 Å². The zero-order valence-corrected chi connectivity index (χ0v) is 19.7. The standard InChI is InChI=1S/C26H35N5O2/c1-20-5-9-22(10-6-20)24(30-14-16-33-17-15-30)19-29-26(27-2)28-18-21-7-11-23(12-8-21)31-13-3-4-25(31)32/h5-12,24H,3-4,13-19H2,1-2H3,(H2,27,28,29). The molecule has 33 heavy (non-hydrogen) atoms. The molecule has 176 valence electrons. The number of carbonyl (C=O) groups is 1. The average molecular weight is 450 g/mol. The van der Waals surface area contributed by atoms with Gasteiger partial charge in [-0.2, -0.15) is 0 Å². The highest BCUT2D eigenvalue weighted by molar-refractivity contribution is 5.95. The minimum absolute atomic E-state index is 0.217. The Bertz CT molecular complexity index is 936. The van der Waals surface area contributed by atoms with Crippen LogP contribution in [0, 0.1) is 6.92 Å². The van der Waals surface area contributed by atoms with E-state index in [4.69, 9.17) is 4.74 Å². The van der Waals surface area contributed by atoms with E-state index in [9.17, 15) is 4.79 Å². The van der Waals surface area contributed by atoms with Crippen LogP contribution in [0.5, 0.6) is 0 Å². The highest BCUT2D eigenvalue weighted by Crippen LogP contribution is 2.23. The number of carbonyl (C=O) groups excluding carboxylic acids is 1. The second-order valence-corrected chi connectivity index (χ2v) is 8.70. The minimum atomic E-state index is 0.217. The number of nitrogens with zero attached hydrogens (tertiary/aromatic N) is 3. The Hall–Kier alpha value is -2.90. The number of hydrogen-bond acceptors (Lipinski definition) is 4. The molecule has 2 saturated heterocycles. The zero-order chi connectivity index (χ0) is 23.0. The van der Waals surface area contributed by atoms with Crippen LogP contribution in [-0.2, 0) is 16.1 Å². The summed E-state index contributed by atoms with van der Waals surface area (Å²) in [5, 5.41) is 6.93. The molecule has 7 heteroatoms. The lowest BCUT2D eigenvalue weighted by Gasteiger charge is -2.35. The van der Waals surface area contributed by atoms with Crippen molar-refractivity contribution >= 4 is 17.6 Å². The second kappa shape index (κ2) is 11.3. The van der Waals surface area contributed by atoms with Gasteiger partial charge in [-0.15, -0.1) is 0 Å². The highest BCUT2D eigenvalue weighted by Gasteiger charge is 2.23. The molecule has 0 bridgehead atoms. The molecule has 0 spiro atoms. The van der Waals surface area contributed by atoms with Crippen LogP contribution >= 0.6 is 0 Å². The predicted octanol–water partition coefficient (Wildman–Crippen LogP) is 2.86. The summed E-state index contributed by atoms with van der Waals surface area (Å²) in [6.07, 6.45) is 1.59. The van der Waals surface area contributed by atoms with E-state index in [-0.39, 0.29) is 11.9 Å². The third kappa shape index (κ3) is 6.12. The monoisotopic (exact) mass is 449 g/mol. The van der Waals surface area contributed by atoms with E-state index < -0.39 is 0 Å². The van der Waals surface area contributed by atoms with Gasteiger partial charge in [0.25, 0.3) is 0 Å². The largest absolute Gasteiger partial charge is 0.379 e. The molecule has 2 N–H and O–H groups in total. The summed E-state index contributed by atoms with van der Waals surface area (Å²) in [5.74, 6) is 0.994. The molecule has 4 rings (SSSR count). The van der Waals surface area contributed by atoms with Crippen molar-refractivity contribution in [1.82, 2.24) is 15.5 Å². The summed E-state index contributed by atoms with van der Waals surface area (Å²) in [6.45, 7) is 7.77. The molecule has 2 aromatic rings. The number of aliphatic imine (C=N–C) groups is 1. The van der Waals surface area contributed by atoms with Crippen LogP contribution < -0.4 is 15.5 Å². The van der Waals surface area contributed by atoms with E-state index in [0.29, 0.717) is 13.0 Å². The van der Waals surface area contributed by atoms with Crippen molar-refractivity contribution in [2.45, 2.75) is 32.4 Å². The van der Waals surface area contributed by atoms with Crippen LogP contribution in [0.25, 0.3) is 0 Å². The number of rotatable bonds is 7. The van der Waals surface area contributed by atoms with Gasteiger partial charge in [-0.3, -0.25) is 14.7 Å². The molecule has 0 radical (unpaired) electrons. The first-order valence-electron chi connectivity index (χ1n) is 11.9. The molecular formula is C26H35N5O2. The SMILES string of the molecule is CN=C(NCc1ccc(N2CCCC2=O)cc1)NCC(c1ccc(C)cc1)N1CCOCC1.